The van der Waals surface area contributed by atoms with Crippen LogP contribution in [0.2, 0.25) is 0 Å². The molecule has 0 aromatic rings. The Hall–Kier alpha value is -0.570. The van der Waals surface area contributed by atoms with Crippen LogP contribution >= 0.6 is 0 Å². The lowest BCUT2D eigenvalue weighted by molar-refractivity contribution is -0.141. The molecule has 3 nitrogen and oxygen atoms in total. The molecule has 1 aliphatic heterocycles. The first kappa shape index (κ1) is 20.5. The van der Waals surface area contributed by atoms with Crippen LogP contribution in [-0.2, 0) is 14.3 Å². The summed E-state index contributed by atoms with van der Waals surface area (Å²) in [5.41, 5.74) is 0. The Kier molecular flexibility index (Phi) is 13.3. The fourth-order valence-electron chi connectivity index (χ4n) is 3.05. The minimum atomic E-state index is -0.155. The fraction of sp³-hybridized carbons (Fsp3) is 0.950. The lowest BCUT2D eigenvalue weighted by atomic mass is 10.0. The summed E-state index contributed by atoms with van der Waals surface area (Å²) in [6, 6.07) is 0. The molecular weight excluding hydrogens is 288 g/mol. The van der Waals surface area contributed by atoms with Gasteiger partial charge in [0.25, 0.3) is 0 Å². The summed E-state index contributed by atoms with van der Waals surface area (Å²) in [4.78, 5) is 10.6. The molecule has 1 aliphatic rings. The maximum atomic E-state index is 10.6. The molecule has 0 aromatic heterocycles. The molecule has 136 valence electrons. The van der Waals surface area contributed by atoms with Gasteiger partial charge in [-0.25, -0.2) is 0 Å². The highest BCUT2D eigenvalue weighted by molar-refractivity contribution is 5.65. The van der Waals surface area contributed by atoms with Crippen molar-refractivity contribution in [2.24, 2.45) is 0 Å². The Labute approximate surface area is 143 Å². The normalized spacial score (nSPS) is 16.5. The molecule has 0 aliphatic carbocycles. The number of rotatable bonds is 17. The van der Waals surface area contributed by atoms with E-state index in [0.29, 0.717) is 12.7 Å². The smallest absolute Gasteiger partial charge is 0.302 e. The molecule has 1 saturated heterocycles. The van der Waals surface area contributed by atoms with Crippen LogP contribution < -0.4 is 0 Å². The average molecular weight is 327 g/mol. The lowest BCUT2D eigenvalue weighted by Crippen LogP contribution is -2.00. The highest BCUT2D eigenvalue weighted by Gasteiger charge is 2.20. The molecule has 1 fully saturated rings. The van der Waals surface area contributed by atoms with Gasteiger partial charge in [0, 0.05) is 6.92 Å². The van der Waals surface area contributed by atoms with Crippen LogP contribution in [0.25, 0.3) is 0 Å². The maximum absolute atomic E-state index is 10.6. The summed E-state index contributed by atoms with van der Waals surface area (Å²) in [5.74, 6) is -0.155. The lowest BCUT2D eigenvalue weighted by Gasteiger charge is -2.04. The monoisotopic (exact) mass is 326 g/mol. The maximum Gasteiger partial charge on any atom is 0.302 e. The van der Waals surface area contributed by atoms with Crippen molar-refractivity contribution in [1.82, 2.24) is 0 Å². The van der Waals surface area contributed by atoms with E-state index in [9.17, 15) is 4.79 Å². The highest BCUT2D eigenvalue weighted by Crippen LogP contribution is 2.18. The van der Waals surface area contributed by atoms with Gasteiger partial charge in [0.2, 0.25) is 0 Å². The summed E-state index contributed by atoms with van der Waals surface area (Å²) >= 11 is 0. The number of hydrogen-bond acceptors (Lipinski definition) is 3. The van der Waals surface area contributed by atoms with Crippen molar-refractivity contribution in [3.63, 3.8) is 0 Å². The Morgan fingerprint density at radius 1 is 0.783 bits per heavy atom. The highest BCUT2D eigenvalue weighted by atomic mass is 16.6. The molecule has 0 N–H and O–H groups in total. The van der Waals surface area contributed by atoms with Crippen LogP contribution in [0, 0.1) is 0 Å². The summed E-state index contributed by atoms with van der Waals surface area (Å²) in [6.45, 7) is 3.10. The topological polar surface area (TPSA) is 38.8 Å². The number of carbonyl (C=O) groups is 1. The number of carbonyl (C=O) groups excluding carboxylic acids is 1. The van der Waals surface area contributed by atoms with Crippen LogP contribution in [0.4, 0.5) is 0 Å². The van der Waals surface area contributed by atoms with E-state index in [2.05, 4.69) is 0 Å². The summed E-state index contributed by atoms with van der Waals surface area (Å²) in [5, 5.41) is 0. The molecule has 23 heavy (non-hydrogen) atoms. The van der Waals surface area contributed by atoms with Crippen molar-refractivity contribution in [2.45, 2.75) is 109 Å². The van der Waals surface area contributed by atoms with Crippen LogP contribution in [0.5, 0.6) is 0 Å². The van der Waals surface area contributed by atoms with Crippen LogP contribution in [0.1, 0.15) is 103 Å². The summed E-state index contributed by atoms with van der Waals surface area (Å²) in [7, 11) is 0. The first-order chi connectivity index (χ1) is 11.3. The minimum absolute atomic E-state index is 0.155. The number of epoxide rings is 1. The third-order valence-corrected chi connectivity index (χ3v) is 4.63. The molecule has 0 radical (unpaired) electrons. The third kappa shape index (κ3) is 16.1. The van der Waals surface area contributed by atoms with Gasteiger partial charge >= 0.3 is 5.97 Å². The standard InChI is InChI=1S/C20H38O3/c1-19(21)22-17-15-13-11-9-7-5-3-2-4-6-8-10-12-14-16-20-18-23-20/h20H,2-18H2,1H3. The first-order valence-electron chi connectivity index (χ1n) is 10.0. The van der Waals surface area contributed by atoms with E-state index >= 15 is 0 Å². The first-order valence-corrected chi connectivity index (χ1v) is 10.0. The Morgan fingerprint density at radius 2 is 1.17 bits per heavy atom. The van der Waals surface area contributed by atoms with Crippen molar-refractivity contribution in [3.05, 3.63) is 0 Å². The van der Waals surface area contributed by atoms with Crippen LogP contribution in [0.15, 0.2) is 0 Å². The summed E-state index contributed by atoms with van der Waals surface area (Å²) in [6.07, 6.45) is 20.8. The average Bonchev–Trinajstić information content (AvgIpc) is 3.34. The minimum Gasteiger partial charge on any atom is -0.466 e. The molecule has 1 heterocycles. The van der Waals surface area contributed by atoms with Crippen LogP contribution in [0.3, 0.4) is 0 Å². The molecule has 1 atom stereocenters. The van der Waals surface area contributed by atoms with E-state index in [1.165, 1.54) is 96.8 Å². The Balaban J connectivity index is 1.61. The zero-order valence-corrected chi connectivity index (χ0v) is 15.3. The van der Waals surface area contributed by atoms with E-state index in [-0.39, 0.29) is 5.97 Å². The number of unbranched alkanes of at least 4 members (excludes halogenated alkanes) is 13. The zero-order chi connectivity index (χ0) is 16.6. The molecule has 0 amide bonds. The second-order valence-electron chi connectivity index (χ2n) is 7.03. The molecule has 3 heteroatoms. The second-order valence-corrected chi connectivity index (χ2v) is 7.03. The van der Waals surface area contributed by atoms with Crippen molar-refractivity contribution in [3.8, 4) is 0 Å². The predicted molar refractivity (Wildman–Crippen MR) is 95.6 cm³/mol. The molecular formula is C20H38O3. The molecule has 0 bridgehead atoms. The quantitative estimate of drug-likeness (QED) is 0.193. The van der Waals surface area contributed by atoms with E-state index in [1.54, 1.807) is 0 Å². The predicted octanol–water partition coefficient (Wildman–Crippen LogP) is 5.80. The van der Waals surface area contributed by atoms with Gasteiger partial charge in [-0.2, -0.15) is 0 Å². The Bertz CT molecular complexity index is 274. The van der Waals surface area contributed by atoms with Gasteiger partial charge in [0.15, 0.2) is 0 Å². The zero-order valence-electron chi connectivity index (χ0n) is 15.3. The van der Waals surface area contributed by atoms with Crippen molar-refractivity contribution < 1.29 is 14.3 Å². The van der Waals surface area contributed by atoms with E-state index in [4.69, 9.17) is 9.47 Å². The van der Waals surface area contributed by atoms with Crippen molar-refractivity contribution in [1.29, 1.82) is 0 Å². The number of esters is 1. The van der Waals surface area contributed by atoms with Gasteiger partial charge in [0.1, 0.15) is 0 Å². The van der Waals surface area contributed by atoms with Gasteiger partial charge in [-0.15, -0.1) is 0 Å². The van der Waals surface area contributed by atoms with E-state index < -0.39 is 0 Å². The largest absolute Gasteiger partial charge is 0.466 e. The molecule has 1 rings (SSSR count). The van der Waals surface area contributed by atoms with Gasteiger partial charge in [-0.05, 0) is 12.8 Å². The van der Waals surface area contributed by atoms with Gasteiger partial charge in [-0.3, -0.25) is 4.79 Å². The number of ether oxygens (including phenoxy) is 2. The fourth-order valence-corrected chi connectivity index (χ4v) is 3.05. The second kappa shape index (κ2) is 15.0. The van der Waals surface area contributed by atoms with E-state index in [1.807, 2.05) is 0 Å². The SMILES string of the molecule is CC(=O)OCCCCCCCCCCCCCCCCC1CO1. The molecule has 0 saturated carbocycles. The molecule has 0 aromatic carbocycles. The van der Waals surface area contributed by atoms with Gasteiger partial charge in [-0.1, -0.05) is 83.5 Å². The van der Waals surface area contributed by atoms with Crippen molar-refractivity contribution >= 4 is 5.97 Å². The van der Waals surface area contributed by atoms with Gasteiger partial charge in [0.05, 0.1) is 19.3 Å². The van der Waals surface area contributed by atoms with Crippen molar-refractivity contribution in [2.75, 3.05) is 13.2 Å². The van der Waals surface area contributed by atoms with Gasteiger partial charge < -0.3 is 9.47 Å². The molecule has 0 spiro atoms. The van der Waals surface area contributed by atoms with E-state index in [0.717, 1.165) is 13.0 Å². The van der Waals surface area contributed by atoms with Crippen LogP contribution in [-0.4, -0.2) is 25.3 Å². The third-order valence-electron chi connectivity index (χ3n) is 4.63. The molecule has 1 unspecified atom stereocenters. The summed E-state index contributed by atoms with van der Waals surface area (Å²) < 4.78 is 10.1. The number of hydrogen-bond donors (Lipinski definition) is 0. The Morgan fingerprint density at radius 3 is 1.57 bits per heavy atom.